The number of piperidine rings is 1. The van der Waals surface area contributed by atoms with Crippen molar-refractivity contribution < 1.29 is 4.79 Å². The van der Waals surface area contributed by atoms with E-state index in [9.17, 15) is 4.79 Å². The van der Waals surface area contributed by atoms with Crippen molar-refractivity contribution in [3.05, 3.63) is 29.3 Å². The van der Waals surface area contributed by atoms with E-state index in [-0.39, 0.29) is 6.03 Å². The summed E-state index contributed by atoms with van der Waals surface area (Å²) in [6, 6.07) is 7.47. The van der Waals surface area contributed by atoms with Crippen LogP contribution in [0.2, 0.25) is 0 Å². The number of anilines is 1. The smallest absolute Gasteiger partial charge is 0.318 e. The number of benzene rings is 1. The SMILES string of the molecule is Cc1ccc(NC(=O)N2C3CCCC2C3)cc1CC1CC1. The molecule has 1 saturated carbocycles. The van der Waals surface area contributed by atoms with E-state index in [1.165, 1.54) is 56.1 Å². The first kappa shape index (κ1) is 13.2. The Bertz CT molecular complexity index is 550. The lowest BCUT2D eigenvalue weighted by atomic mass is 9.80. The minimum atomic E-state index is 0.108. The molecular formula is C18H24N2O. The van der Waals surface area contributed by atoms with Crippen LogP contribution in [0.5, 0.6) is 0 Å². The van der Waals surface area contributed by atoms with Gasteiger partial charge in [-0.3, -0.25) is 0 Å². The van der Waals surface area contributed by atoms with E-state index < -0.39 is 0 Å². The first-order chi connectivity index (χ1) is 10.2. The standard InChI is InChI=1S/C18H24N2O/c1-12-5-8-15(10-14(12)9-13-6-7-13)19-18(21)20-16-3-2-4-17(20)11-16/h5,8,10,13,16-17H,2-4,6-7,9,11H2,1H3,(H,19,21). The second-order valence-electron chi connectivity index (χ2n) is 7.10. The molecule has 2 saturated heterocycles. The lowest BCUT2D eigenvalue weighted by Gasteiger charge is -2.52. The van der Waals surface area contributed by atoms with E-state index in [1.807, 2.05) is 6.07 Å². The third-order valence-corrected chi connectivity index (χ3v) is 5.45. The molecule has 0 radical (unpaired) electrons. The zero-order chi connectivity index (χ0) is 14.4. The molecule has 2 unspecified atom stereocenters. The minimum Gasteiger partial charge on any atom is -0.318 e. The summed E-state index contributed by atoms with van der Waals surface area (Å²) in [5.41, 5.74) is 3.71. The van der Waals surface area contributed by atoms with Crippen LogP contribution in [0.1, 0.15) is 49.7 Å². The van der Waals surface area contributed by atoms with Gasteiger partial charge in [-0.05, 0) is 81.0 Å². The van der Waals surface area contributed by atoms with Gasteiger partial charge in [-0.15, -0.1) is 0 Å². The number of nitrogens with zero attached hydrogens (tertiary/aromatic N) is 1. The molecule has 2 heterocycles. The van der Waals surface area contributed by atoms with Gasteiger partial charge >= 0.3 is 6.03 Å². The summed E-state index contributed by atoms with van der Waals surface area (Å²) < 4.78 is 0. The normalized spacial score (nSPS) is 27.2. The van der Waals surface area contributed by atoms with Crippen LogP contribution in [-0.2, 0) is 6.42 Å². The molecule has 21 heavy (non-hydrogen) atoms. The number of carbonyl (C=O) groups is 1. The fourth-order valence-corrected chi connectivity index (χ4v) is 3.93. The summed E-state index contributed by atoms with van der Waals surface area (Å²) >= 11 is 0. The Hall–Kier alpha value is -1.51. The van der Waals surface area contributed by atoms with Crippen LogP contribution in [0.3, 0.4) is 0 Å². The molecular weight excluding hydrogens is 260 g/mol. The molecule has 1 aliphatic carbocycles. The fourth-order valence-electron chi connectivity index (χ4n) is 3.93. The average Bonchev–Trinajstić information content (AvgIpc) is 3.27. The molecule has 3 heteroatoms. The van der Waals surface area contributed by atoms with E-state index in [0.29, 0.717) is 12.1 Å². The third kappa shape index (κ3) is 2.54. The molecule has 4 rings (SSSR count). The predicted molar refractivity (Wildman–Crippen MR) is 84.5 cm³/mol. The number of hydrogen-bond acceptors (Lipinski definition) is 1. The highest BCUT2D eigenvalue weighted by Gasteiger charge is 2.44. The van der Waals surface area contributed by atoms with Crippen LogP contribution in [0.4, 0.5) is 10.5 Å². The topological polar surface area (TPSA) is 32.3 Å². The zero-order valence-electron chi connectivity index (χ0n) is 12.8. The zero-order valence-corrected chi connectivity index (χ0v) is 12.8. The van der Waals surface area contributed by atoms with E-state index in [2.05, 4.69) is 29.3 Å². The molecule has 2 aliphatic heterocycles. The quantitative estimate of drug-likeness (QED) is 0.890. The number of aryl methyl sites for hydroxylation is 1. The van der Waals surface area contributed by atoms with Gasteiger partial charge in [-0.2, -0.15) is 0 Å². The van der Waals surface area contributed by atoms with Crippen molar-refractivity contribution >= 4 is 11.7 Å². The molecule has 0 aromatic heterocycles. The Kier molecular flexibility index (Phi) is 3.16. The summed E-state index contributed by atoms with van der Waals surface area (Å²) in [5, 5.41) is 3.12. The van der Waals surface area contributed by atoms with E-state index in [4.69, 9.17) is 0 Å². The Balaban J connectivity index is 1.45. The van der Waals surface area contributed by atoms with Gasteiger partial charge in [0.2, 0.25) is 0 Å². The van der Waals surface area contributed by atoms with E-state index in [0.717, 1.165) is 11.6 Å². The average molecular weight is 284 g/mol. The van der Waals surface area contributed by atoms with Crippen molar-refractivity contribution in [3.8, 4) is 0 Å². The monoisotopic (exact) mass is 284 g/mol. The molecule has 3 fully saturated rings. The molecule has 3 nitrogen and oxygen atoms in total. The van der Waals surface area contributed by atoms with Gasteiger partial charge in [0.25, 0.3) is 0 Å². The van der Waals surface area contributed by atoms with Gasteiger partial charge in [0.05, 0.1) is 0 Å². The maximum absolute atomic E-state index is 12.5. The highest BCUT2D eigenvalue weighted by molar-refractivity contribution is 5.90. The van der Waals surface area contributed by atoms with Gasteiger partial charge < -0.3 is 10.2 Å². The van der Waals surface area contributed by atoms with Gasteiger partial charge in [-0.25, -0.2) is 4.79 Å². The number of fused-ring (bicyclic) bond motifs is 2. The lowest BCUT2D eigenvalue weighted by molar-refractivity contribution is 0.0173. The molecule has 1 aromatic rings. The molecule has 1 N–H and O–H groups in total. The van der Waals surface area contributed by atoms with Crippen molar-refractivity contribution in [1.82, 2.24) is 4.90 Å². The Labute approximate surface area is 126 Å². The maximum Gasteiger partial charge on any atom is 0.322 e. The van der Waals surface area contributed by atoms with Crippen LogP contribution in [-0.4, -0.2) is 23.0 Å². The van der Waals surface area contributed by atoms with Crippen LogP contribution in [0.25, 0.3) is 0 Å². The molecule has 2 bridgehead atoms. The Morgan fingerprint density at radius 2 is 2.00 bits per heavy atom. The van der Waals surface area contributed by atoms with Gasteiger partial charge in [0.15, 0.2) is 0 Å². The summed E-state index contributed by atoms with van der Waals surface area (Å²) in [5.74, 6) is 0.879. The molecule has 1 aromatic carbocycles. The predicted octanol–water partition coefficient (Wildman–Crippen LogP) is 4.11. The highest BCUT2D eigenvalue weighted by Crippen LogP contribution is 2.38. The van der Waals surface area contributed by atoms with E-state index >= 15 is 0 Å². The van der Waals surface area contributed by atoms with Crippen molar-refractivity contribution in [2.24, 2.45) is 5.92 Å². The molecule has 112 valence electrons. The molecule has 2 amide bonds. The largest absolute Gasteiger partial charge is 0.322 e. The molecule has 3 aliphatic rings. The number of urea groups is 1. The van der Waals surface area contributed by atoms with Crippen molar-refractivity contribution in [1.29, 1.82) is 0 Å². The van der Waals surface area contributed by atoms with Gasteiger partial charge in [0, 0.05) is 17.8 Å². The first-order valence-corrected chi connectivity index (χ1v) is 8.39. The summed E-state index contributed by atoms with van der Waals surface area (Å²) in [4.78, 5) is 14.5. The highest BCUT2D eigenvalue weighted by atomic mass is 16.2. The van der Waals surface area contributed by atoms with Crippen molar-refractivity contribution in [2.45, 2.75) is 64.0 Å². The number of carbonyl (C=O) groups excluding carboxylic acids is 1. The number of hydrogen-bond donors (Lipinski definition) is 1. The summed E-state index contributed by atoms with van der Waals surface area (Å²) in [6.45, 7) is 2.17. The van der Waals surface area contributed by atoms with Gasteiger partial charge in [-0.1, -0.05) is 6.07 Å². The molecule has 0 spiro atoms. The number of rotatable bonds is 3. The lowest BCUT2D eigenvalue weighted by Crippen LogP contribution is -2.62. The number of amides is 2. The summed E-state index contributed by atoms with van der Waals surface area (Å²) in [7, 11) is 0. The fraction of sp³-hybridized carbons (Fsp3) is 0.611. The van der Waals surface area contributed by atoms with Crippen LogP contribution in [0, 0.1) is 12.8 Å². The first-order valence-electron chi connectivity index (χ1n) is 8.39. The van der Waals surface area contributed by atoms with Crippen molar-refractivity contribution in [3.63, 3.8) is 0 Å². The third-order valence-electron chi connectivity index (χ3n) is 5.45. The molecule has 2 atom stereocenters. The second-order valence-corrected chi connectivity index (χ2v) is 7.10. The van der Waals surface area contributed by atoms with E-state index in [1.54, 1.807) is 0 Å². The minimum absolute atomic E-state index is 0.108. The van der Waals surface area contributed by atoms with Crippen LogP contribution < -0.4 is 5.32 Å². The number of nitrogens with one attached hydrogen (secondary N) is 1. The summed E-state index contributed by atoms with van der Waals surface area (Å²) in [6.07, 6.45) is 8.78. The van der Waals surface area contributed by atoms with Crippen LogP contribution in [0.15, 0.2) is 18.2 Å². The Morgan fingerprint density at radius 3 is 2.67 bits per heavy atom. The maximum atomic E-state index is 12.5. The van der Waals surface area contributed by atoms with Gasteiger partial charge in [0.1, 0.15) is 0 Å². The second kappa shape index (κ2) is 5.04. The Morgan fingerprint density at radius 1 is 1.24 bits per heavy atom. The van der Waals surface area contributed by atoms with Crippen LogP contribution >= 0.6 is 0 Å². The van der Waals surface area contributed by atoms with Crippen molar-refractivity contribution in [2.75, 3.05) is 5.32 Å².